The first-order valence-corrected chi connectivity index (χ1v) is 10.1. The fourth-order valence-electron chi connectivity index (χ4n) is 3.62. The molecule has 1 amide bonds. The molecule has 1 unspecified atom stereocenters. The van der Waals surface area contributed by atoms with Gasteiger partial charge in [-0.05, 0) is 55.7 Å². The molecule has 7 heteroatoms. The number of rotatable bonds is 3. The third-order valence-corrected chi connectivity index (χ3v) is 6.12. The predicted molar refractivity (Wildman–Crippen MR) is 109 cm³/mol. The maximum absolute atomic E-state index is 13.6. The Bertz CT molecular complexity index is 1130. The van der Waals surface area contributed by atoms with E-state index in [0.29, 0.717) is 16.1 Å². The minimum absolute atomic E-state index is 0.0412. The van der Waals surface area contributed by atoms with Crippen LogP contribution in [0.3, 0.4) is 0 Å². The maximum Gasteiger partial charge on any atom is 0.261 e. The molecule has 1 aliphatic rings. The van der Waals surface area contributed by atoms with E-state index in [1.807, 2.05) is 13.0 Å². The third kappa shape index (κ3) is 3.30. The second kappa shape index (κ2) is 7.39. The van der Waals surface area contributed by atoms with Gasteiger partial charge in [0.15, 0.2) is 5.16 Å². The molecule has 0 bridgehead atoms. The molecule has 1 atom stereocenters. The molecular formula is C21H20FN3O2S. The number of thioether (sulfide) groups is 1. The van der Waals surface area contributed by atoms with E-state index in [2.05, 4.69) is 4.98 Å². The van der Waals surface area contributed by atoms with Gasteiger partial charge in [0, 0.05) is 18.8 Å². The molecule has 2 heterocycles. The number of amides is 1. The summed E-state index contributed by atoms with van der Waals surface area (Å²) in [6.07, 6.45) is 1.55. The van der Waals surface area contributed by atoms with Gasteiger partial charge in [-0.2, -0.15) is 0 Å². The van der Waals surface area contributed by atoms with Gasteiger partial charge in [-0.15, -0.1) is 0 Å². The number of hydrogen-bond donors (Lipinski definition) is 0. The van der Waals surface area contributed by atoms with Crippen molar-refractivity contribution in [2.24, 2.45) is 7.05 Å². The topological polar surface area (TPSA) is 55.2 Å². The molecule has 0 spiro atoms. The highest BCUT2D eigenvalue weighted by molar-refractivity contribution is 7.99. The van der Waals surface area contributed by atoms with E-state index < -0.39 is 0 Å². The Morgan fingerprint density at radius 3 is 2.89 bits per heavy atom. The van der Waals surface area contributed by atoms with Gasteiger partial charge in [0.1, 0.15) is 5.82 Å². The molecule has 28 heavy (non-hydrogen) atoms. The first-order valence-electron chi connectivity index (χ1n) is 9.15. The summed E-state index contributed by atoms with van der Waals surface area (Å²) in [6.45, 7) is 2.00. The lowest BCUT2D eigenvalue weighted by Gasteiger charge is -2.35. The molecule has 3 aromatic rings. The van der Waals surface area contributed by atoms with Gasteiger partial charge in [-0.3, -0.25) is 14.2 Å². The van der Waals surface area contributed by atoms with Crippen LogP contribution in [0.2, 0.25) is 0 Å². The summed E-state index contributed by atoms with van der Waals surface area (Å²) in [5, 5.41) is 1.06. The zero-order valence-electron chi connectivity index (χ0n) is 15.7. The summed E-state index contributed by atoms with van der Waals surface area (Å²) >= 11 is 1.24. The first kappa shape index (κ1) is 18.7. The zero-order valence-corrected chi connectivity index (χ0v) is 16.5. The van der Waals surface area contributed by atoms with Crippen LogP contribution in [-0.2, 0) is 18.3 Å². The van der Waals surface area contributed by atoms with Gasteiger partial charge in [0.05, 0.1) is 16.7 Å². The Balaban J connectivity index is 1.59. The number of para-hydroxylation sites is 1. The van der Waals surface area contributed by atoms with E-state index in [1.54, 1.807) is 36.2 Å². The summed E-state index contributed by atoms with van der Waals surface area (Å²) in [4.78, 5) is 31.8. The van der Waals surface area contributed by atoms with E-state index in [4.69, 9.17) is 0 Å². The number of carbonyl (C=O) groups is 1. The van der Waals surface area contributed by atoms with Gasteiger partial charge in [0.25, 0.3) is 5.56 Å². The van der Waals surface area contributed by atoms with Crippen molar-refractivity contribution in [3.63, 3.8) is 0 Å². The third-order valence-electron chi connectivity index (χ3n) is 5.11. The molecule has 2 aromatic carbocycles. The molecule has 0 saturated heterocycles. The van der Waals surface area contributed by atoms with E-state index >= 15 is 0 Å². The molecule has 0 N–H and O–H groups in total. The number of anilines is 1. The van der Waals surface area contributed by atoms with Crippen molar-refractivity contribution >= 4 is 34.3 Å². The maximum atomic E-state index is 13.6. The summed E-state index contributed by atoms with van der Waals surface area (Å²) in [6, 6.07) is 11.8. The number of nitrogens with zero attached hydrogens (tertiary/aromatic N) is 3. The summed E-state index contributed by atoms with van der Waals surface area (Å²) in [5.41, 5.74) is 2.11. The second-order valence-corrected chi connectivity index (χ2v) is 7.93. The summed E-state index contributed by atoms with van der Waals surface area (Å²) < 4.78 is 15.0. The van der Waals surface area contributed by atoms with Crippen LogP contribution in [-0.4, -0.2) is 27.3 Å². The van der Waals surface area contributed by atoms with E-state index in [0.717, 1.165) is 24.1 Å². The largest absolute Gasteiger partial charge is 0.309 e. The molecule has 1 aromatic heterocycles. The number of benzene rings is 2. The van der Waals surface area contributed by atoms with Gasteiger partial charge >= 0.3 is 0 Å². The number of halogens is 1. The Kier molecular flexibility index (Phi) is 4.93. The van der Waals surface area contributed by atoms with E-state index in [-0.39, 0.29) is 29.1 Å². The van der Waals surface area contributed by atoms with E-state index in [1.165, 1.54) is 28.5 Å². The zero-order chi connectivity index (χ0) is 19.8. The molecule has 4 rings (SSSR count). The lowest BCUT2D eigenvalue weighted by atomic mass is 9.96. The Morgan fingerprint density at radius 2 is 2.07 bits per heavy atom. The monoisotopic (exact) mass is 397 g/mol. The van der Waals surface area contributed by atoms with Crippen LogP contribution in [0.4, 0.5) is 10.1 Å². The fourth-order valence-corrected chi connectivity index (χ4v) is 4.45. The fraction of sp³-hybridized carbons (Fsp3) is 0.286. The normalized spacial score (nSPS) is 16.2. The first-order chi connectivity index (χ1) is 13.5. The lowest BCUT2D eigenvalue weighted by molar-refractivity contribution is -0.116. The molecule has 0 fully saturated rings. The molecule has 144 valence electrons. The van der Waals surface area contributed by atoms with Crippen LogP contribution in [0.15, 0.2) is 52.4 Å². The number of aromatic nitrogens is 2. The Hall–Kier alpha value is -2.67. The van der Waals surface area contributed by atoms with Gasteiger partial charge in [0.2, 0.25) is 5.91 Å². The van der Waals surface area contributed by atoms with E-state index in [9.17, 15) is 14.0 Å². The highest BCUT2D eigenvalue weighted by atomic mass is 32.2. The van der Waals surface area contributed by atoms with Crippen LogP contribution in [0.1, 0.15) is 18.9 Å². The van der Waals surface area contributed by atoms with Crippen molar-refractivity contribution in [3.8, 4) is 0 Å². The number of fused-ring (bicyclic) bond motifs is 2. The SMILES string of the molecule is CC1CCc2cc(F)ccc2N1C(=O)CSc1nc2ccccc2c(=O)n1C. The number of aryl methyl sites for hydroxylation is 1. The predicted octanol–water partition coefficient (Wildman–Crippen LogP) is 3.53. The highest BCUT2D eigenvalue weighted by Gasteiger charge is 2.28. The van der Waals surface area contributed by atoms with Crippen molar-refractivity contribution in [3.05, 3.63) is 64.2 Å². The minimum Gasteiger partial charge on any atom is -0.309 e. The standard InChI is InChI=1S/C21H20FN3O2S/c1-13-7-8-14-11-15(22)9-10-18(14)25(13)19(26)12-28-21-23-17-6-4-3-5-16(17)20(27)24(21)2/h3-6,9-11,13H,7-8,12H2,1-2H3. The Morgan fingerprint density at radius 1 is 1.29 bits per heavy atom. The summed E-state index contributed by atoms with van der Waals surface area (Å²) in [7, 11) is 1.66. The average Bonchev–Trinajstić information content (AvgIpc) is 2.69. The number of carbonyl (C=O) groups excluding carboxylic acids is 1. The van der Waals surface area contributed by atoms with Crippen LogP contribution >= 0.6 is 11.8 Å². The van der Waals surface area contributed by atoms with Gasteiger partial charge in [-0.25, -0.2) is 9.37 Å². The van der Waals surface area contributed by atoms with Crippen molar-refractivity contribution in [2.45, 2.75) is 31.0 Å². The van der Waals surface area contributed by atoms with Gasteiger partial charge < -0.3 is 4.90 Å². The van der Waals surface area contributed by atoms with Crippen LogP contribution < -0.4 is 10.5 Å². The molecule has 0 aliphatic carbocycles. The van der Waals surface area contributed by atoms with Crippen LogP contribution in [0.5, 0.6) is 0 Å². The van der Waals surface area contributed by atoms with Crippen molar-refractivity contribution < 1.29 is 9.18 Å². The highest BCUT2D eigenvalue weighted by Crippen LogP contribution is 2.32. The molecule has 5 nitrogen and oxygen atoms in total. The van der Waals surface area contributed by atoms with Crippen molar-refractivity contribution in [2.75, 3.05) is 10.7 Å². The lowest BCUT2D eigenvalue weighted by Crippen LogP contribution is -2.43. The smallest absolute Gasteiger partial charge is 0.261 e. The Labute approximate surface area is 166 Å². The molecular weight excluding hydrogens is 377 g/mol. The molecule has 0 saturated carbocycles. The van der Waals surface area contributed by atoms with Crippen LogP contribution in [0.25, 0.3) is 10.9 Å². The van der Waals surface area contributed by atoms with Crippen molar-refractivity contribution in [1.29, 1.82) is 0 Å². The molecule has 1 aliphatic heterocycles. The van der Waals surface area contributed by atoms with Crippen molar-refractivity contribution in [1.82, 2.24) is 9.55 Å². The number of hydrogen-bond acceptors (Lipinski definition) is 4. The second-order valence-electron chi connectivity index (χ2n) is 6.99. The summed E-state index contributed by atoms with van der Waals surface area (Å²) in [5.74, 6) is -0.210. The quantitative estimate of drug-likeness (QED) is 0.501. The van der Waals surface area contributed by atoms with Crippen LogP contribution in [0, 0.1) is 5.82 Å². The minimum atomic E-state index is -0.287. The van der Waals surface area contributed by atoms with Gasteiger partial charge in [-0.1, -0.05) is 23.9 Å². The molecule has 0 radical (unpaired) electrons. The average molecular weight is 397 g/mol.